The van der Waals surface area contributed by atoms with Crippen LogP contribution in [0.15, 0.2) is 48.5 Å². The highest BCUT2D eigenvalue weighted by molar-refractivity contribution is 14.1. The van der Waals surface area contributed by atoms with E-state index in [9.17, 15) is 10.1 Å². The van der Waals surface area contributed by atoms with Crippen LogP contribution in [0, 0.1) is 45.8 Å². The number of nitrogens with one attached hydrogen (secondary N) is 2. The van der Waals surface area contributed by atoms with Gasteiger partial charge >= 0.3 is 0 Å². The molecule has 3 aromatic carbocycles. The molecule has 40 heavy (non-hydrogen) atoms. The molecule has 9 heteroatoms. The molecule has 1 saturated heterocycles. The molecule has 3 aromatic rings. The van der Waals surface area contributed by atoms with Gasteiger partial charge < -0.3 is 10.6 Å². The molecule has 0 radical (unpaired) electrons. The van der Waals surface area contributed by atoms with Gasteiger partial charge in [-0.25, -0.2) is 8.78 Å². The van der Waals surface area contributed by atoms with Crippen molar-refractivity contribution in [3.63, 3.8) is 0 Å². The van der Waals surface area contributed by atoms with E-state index in [1.54, 1.807) is 6.07 Å². The molecule has 0 unspecified atom stereocenters. The number of hydrogen-bond donors (Lipinski definition) is 2. The van der Waals surface area contributed by atoms with E-state index >= 15 is 8.78 Å². The van der Waals surface area contributed by atoms with Gasteiger partial charge in [-0.05, 0) is 95.3 Å². The van der Waals surface area contributed by atoms with Gasteiger partial charge in [0.05, 0.1) is 17.1 Å². The Morgan fingerprint density at radius 2 is 1.82 bits per heavy atom. The van der Waals surface area contributed by atoms with Gasteiger partial charge in [-0.3, -0.25) is 4.79 Å². The molecule has 4 atom stereocenters. The molecule has 210 valence electrons. The number of carbonyl (C=O) groups is 1. The van der Waals surface area contributed by atoms with Crippen molar-refractivity contribution in [1.82, 2.24) is 5.32 Å². The highest BCUT2D eigenvalue weighted by atomic mass is 127. The fraction of sp³-hybridized carbons (Fsp3) is 0.355. The van der Waals surface area contributed by atoms with Crippen LogP contribution in [0.3, 0.4) is 0 Å². The van der Waals surface area contributed by atoms with Crippen LogP contribution >= 0.6 is 45.8 Å². The van der Waals surface area contributed by atoms with Crippen molar-refractivity contribution in [2.24, 2.45) is 5.41 Å². The Morgan fingerprint density at radius 1 is 1.12 bits per heavy atom. The summed E-state index contributed by atoms with van der Waals surface area (Å²) < 4.78 is 32.6. The van der Waals surface area contributed by atoms with Gasteiger partial charge in [-0.15, -0.1) is 0 Å². The Morgan fingerprint density at radius 3 is 2.45 bits per heavy atom. The van der Waals surface area contributed by atoms with Gasteiger partial charge in [0.15, 0.2) is 0 Å². The monoisotopic (exact) mass is 695 g/mol. The van der Waals surface area contributed by atoms with Crippen molar-refractivity contribution < 1.29 is 13.6 Å². The lowest BCUT2D eigenvalue weighted by molar-refractivity contribution is -0.118. The van der Waals surface area contributed by atoms with Crippen molar-refractivity contribution in [2.75, 3.05) is 5.32 Å². The lowest BCUT2D eigenvalue weighted by Gasteiger charge is -2.37. The Labute approximate surface area is 257 Å². The van der Waals surface area contributed by atoms with Crippen LogP contribution in [0.2, 0.25) is 10.0 Å². The summed E-state index contributed by atoms with van der Waals surface area (Å²) in [5.41, 5.74) is 0.549. The summed E-state index contributed by atoms with van der Waals surface area (Å²) in [5, 5.41) is 17.3. The molecule has 1 amide bonds. The maximum Gasteiger partial charge on any atom is 0.242 e. The number of rotatable bonds is 5. The third kappa shape index (κ3) is 5.74. The second-order valence-electron chi connectivity index (χ2n) is 11.6. The summed E-state index contributed by atoms with van der Waals surface area (Å²) in [5.74, 6) is -3.03. The molecule has 0 aliphatic carbocycles. The topological polar surface area (TPSA) is 64.9 Å². The normalized spacial score (nSPS) is 22.7. The number of carbonyl (C=O) groups excluding carboxylic acids is 1. The zero-order valence-corrected chi connectivity index (χ0v) is 26.5. The Balaban J connectivity index is 1.97. The molecule has 0 spiro atoms. The zero-order valence-electron chi connectivity index (χ0n) is 22.8. The number of anilines is 1. The lowest BCUT2D eigenvalue weighted by atomic mass is 9.62. The van der Waals surface area contributed by atoms with Crippen molar-refractivity contribution >= 4 is 57.4 Å². The average molecular weight is 696 g/mol. The standard InChI is InChI=1S/C31H30Cl2F2IN3O/c1-16-12-24(17(2)11-23(16)36)38-29(40)28-26(19-7-6-8-21(33)27(19)35)31(15-37,25(39-28)14-30(3,4)5)20-10-9-18(32)13-22(20)34/h6-13,25-26,28,39H,14H2,1-5H3,(H,38,40)/t25-,26-,28+,31-/m0/s1. The van der Waals surface area contributed by atoms with Crippen LogP contribution in [0.5, 0.6) is 0 Å². The maximum atomic E-state index is 15.8. The average Bonchev–Trinajstić information content (AvgIpc) is 3.17. The molecular formula is C31H30Cl2F2IN3O. The highest BCUT2D eigenvalue weighted by Crippen LogP contribution is 2.53. The Hall–Kier alpha value is -2.25. The second kappa shape index (κ2) is 11.6. The Bertz CT molecular complexity index is 1520. The van der Waals surface area contributed by atoms with Crippen LogP contribution in [-0.4, -0.2) is 18.0 Å². The SMILES string of the molecule is Cc1cc(NC(=O)[C@@H]2N[C@@H](CC(C)(C)C)[C@](C#N)(c3ccc(Cl)cc3F)[C@H]2c2cccc(Cl)c2F)c(C)cc1I. The van der Waals surface area contributed by atoms with Gasteiger partial charge in [0.1, 0.15) is 17.0 Å². The molecule has 0 aromatic heterocycles. The van der Waals surface area contributed by atoms with Crippen LogP contribution in [0.4, 0.5) is 14.5 Å². The fourth-order valence-electron chi connectivity index (χ4n) is 5.68. The largest absolute Gasteiger partial charge is 0.324 e. The first-order valence-corrected chi connectivity index (χ1v) is 14.7. The number of nitrogens with zero attached hydrogens (tertiary/aromatic N) is 1. The minimum atomic E-state index is -1.67. The number of benzene rings is 3. The summed E-state index contributed by atoms with van der Waals surface area (Å²) in [6, 6.07) is 13.0. The van der Waals surface area contributed by atoms with E-state index in [-0.39, 0.29) is 26.6 Å². The van der Waals surface area contributed by atoms with E-state index < -0.39 is 41.0 Å². The van der Waals surface area contributed by atoms with Gasteiger partial charge in [0.2, 0.25) is 5.91 Å². The van der Waals surface area contributed by atoms with E-state index in [4.69, 9.17) is 23.2 Å². The van der Waals surface area contributed by atoms with E-state index in [0.717, 1.165) is 20.8 Å². The smallest absolute Gasteiger partial charge is 0.242 e. The van der Waals surface area contributed by atoms with Crippen molar-refractivity contribution in [3.8, 4) is 6.07 Å². The molecule has 4 rings (SSSR count). The van der Waals surface area contributed by atoms with Gasteiger partial charge in [-0.2, -0.15) is 5.26 Å². The van der Waals surface area contributed by atoms with Gasteiger partial charge in [0, 0.05) is 31.8 Å². The zero-order chi connectivity index (χ0) is 29.6. The third-order valence-electron chi connectivity index (χ3n) is 7.50. The quantitative estimate of drug-likeness (QED) is 0.263. The Kier molecular flexibility index (Phi) is 8.87. The molecule has 4 nitrogen and oxygen atoms in total. The molecule has 2 N–H and O–H groups in total. The van der Waals surface area contributed by atoms with Crippen molar-refractivity contribution in [1.29, 1.82) is 5.26 Å². The molecule has 0 bridgehead atoms. The van der Waals surface area contributed by atoms with E-state index in [1.165, 1.54) is 24.3 Å². The molecule has 1 heterocycles. The van der Waals surface area contributed by atoms with Crippen molar-refractivity contribution in [2.45, 2.75) is 64.5 Å². The molecule has 1 aliphatic heterocycles. The first-order valence-electron chi connectivity index (χ1n) is 12.8. The predicted molar refractivity (Wildman–Crippen MR) is 165 cm³/mol. The summed E-state index contributed by atoms with van der Waals surface area (Å²) >= 11 is 14.5. The number of aryl methyl sites for hydroxylation is 2. The van der Waals surface area contributed by atoms with E-state index in [1.807, 2.05) is 46.8 Å². The summed E-state index contributed by atoms with van der Waals surface area (Å²) in [4.78, 5) is 14.1. The number of amides is 1. The summed E-state index contributed by atoms with van der Waals surface area (Å²) in [7, 11) is 0. The lowest BCUT2D eigenvalue weighted by Crippen LogP contribution is -2.45. The first-order chi connectivity index (χ1) is 18.7. The van der Waals surface area contributed by atoms with Crippen LogP contribution in [-0.2, 0) is 10.2 Å². The number of hydrogen-bond acceptors (Lipinski definition) is 3. The van der Waals surface area contributed by atoms with Gasteiger partial charge in [0.25, 0.3) is 0 Å². The maximum absolute atomic E-state index is 15.8. The minimum absolute atomic E-state index is 0.0436. The molecule has 1 fully saturated rings. The van der Waals surface area contributed by atoms with Gasteiger partial charge in [-0.1, -0.05) is 62.2 Å². The number of nitriles is 1. The fourth-order valence-corrected chi connectivity index (χ4v) is 6.65. The number of halogens is 5. The van der Waals surface area contributed by atoms with Crippen LogP contribution in [0.1, 0.15) is 55.4 Å². The second-order valence-corrected chi connectivity index (χ2v) is 13.6. The third-order valence-corrected chi connectivity index (χ3v) is 9.18. The molecule has 0 saturated carbocycles. The first kappa shape index (κ1) is 30.7. The predicted octanol–water partition coefficient (Wildman–Crippen LogP) is 8.45. The van der Waals surface area contributed by atoms with Crippen LogP contribution < -0.4 is 10.6 Å². The summed E-state index contributed by atoms with van der Waals surface area (Å²) in [6.45, 7) is 9.82. The highest BCUT2D eigenvalue weighted by Gasteiger charge is 2.61. The van der Waals surface area contributed by atoms with Crippen LogP contribution in [0.25, 0.3) is 0 Å². The van der Waals surface area contributed by atoms with E-state index in [0.29, 0.717) is 12.1 Å². The molecular weight excluding hydrogens is 666 g/mol. The molecule has 1 aliphatic rings. The minimum Gasteiger partial charge on any atom is -0.324 e. The summed E-state index contributed by atoms with van der Waals surface area (Å²) in [6.07, 6.45) is 0.396. The van der Waals surface area contributed by atoms with Crippen molar-refractivity contribution in [3.05, 3.63) is 96.0 Å². The van der Waals surface area contributed by atoms with E-state index in [2.05, 4.69) is 39.3 Å².